The van der Waals surface area contributed by atoms with E-state index >= 15 is 0 Å². The van der Waals surface area contributed by atoms with Crippen molar-refractivity contribution >= 4 is 9.84 Å². The van der Waals surface area contributed by atoms with Gasteiger partial charge in [0.1, 0.15) is 5.75 Å². The van der Waals surface area contributed by atoms with Crippen LogP contribution in [-0.2, 0) is 15.6 Å². The van der Waals surface area contributed by atoms with Gasteiger partial charge in [-0.2, -0.15) is 4.98 Å². The first-order valence-electron chi connectivity index (χ1n) is 6.07. The molecule has 7 heteroatoms. The smallest absolute Gasteiger partial charge is 0.231 e. The van der Waals surface area contributed by atoms with Crippen LogP contribution in [0.2, 0.25) is 0 Å². The zero-order valence-electron chi connectivity index (χ0n) is 11.3. The van der Waals surface area contributed by atoms with Crippen molar-refractivity contribution < 1.29 is 12.9 Å². The van der Waals surface area contributed by atoms with Gasteiger partial charge in [-0.05, 0) is 19.9 Å². The van der Waals surface area contributed by atoms with Crippen LogP contribution in [0.4, 0.5) is 0 Å². The first-order valence-corrected chi connectivity index (χ1v) is 8.13. The molecule has 104 valence electrons. The molecule has 0 aliphatic carbocycles. The number of rotatable bonds is 7. The molecule has 1 N–H and O–H groups in total. The van der Waals surface area contributed by atoms with Crippen molar-refractivity contribution in [1.82, 2.24) is 15.5 Å². The minimum absolute atomic E-state index is 0.0531. The van der Waals surface area contributed by atoms with Crippen molar-refractivity contribution in [2.45, 2.75) is 44.9 Å². The summed E-state index contributed by atoms with van der Waals surface area (Å²) in [6, 6.07) is 0.205. The van der Waals surface area contributed by atoms with Crippen LogP contribution in [0.5, 0.6) is 0 Å². The van der Waals surface area contributed by atoms with E-state index < -0.39 is 9.84 Å². The maximum Gasteiger partial charge on any atom is 0.231 e. The van der Waals surface area contributed by atoms with Crippen LogP contribution in [0.3, 0.4) is 0 Å². The Hall–Kier alpha value is -0.950. The molecule has 18 heavy (non-hydrogen) atoms. The Bertz CT molecular complexity index is 470. The van der Waals surface area contributed by atoms with Crippen LogP contribution in [0.15, 0.2) is 4.52 Å². The fraction of sp³-hybridized carbons (Fsp3) is 0.818. The highest BCUT2D eigenvalue weighted by Crippen LogP contribution is 2.17. The van der Waals surface area contributed by atoms with Gasteiger partial charge in [-0.15, -0.1) is 0 Å². The molecule has 1 aromatic heterocycles. The van der Waals surface area contributed by atoms with Gasteiger partial charge in [0.2, 0.25) is 5.89 Å². The Kier molecular flexibility index (Phi) is 5.28. The molecule has 6 nitrogen and oxygen atoms in total. The zero-order valence-corrected chi connectivity index (χ0v) is 12.1. The fourth-order valence-corrected chi connectivity index (χ4v) is 2.09. The molecule has 2 atom stereocenters. The Balaban J connectivity index is 2.67. The van der Waals surface area contributed by atoms with Gasteiger partial charge in [0.15, 0.2) is 15.7 Å². The number of sulfone groups is 1. The minimum atomic E-state index is -3.12. The molecule has 0 aromatic carbocycles. The van der Waals surface area contributed by atoms with Crippen molar-refractivity contribution in [2.24, 2.45) is 0 Å². The summed E-state index contributed by atoms with van der Waals surface area (Å²) < 4.78 is 27.3. The van der Waals surface area contributed by atoms with Crippen molar-refractivity contribution in [3.8, 4) is 0 Å². The highest BCUT2D eigenvalue weighted by atomic mass is 32.2. The standard InChI is InChI=1S/C11H21N3O3S/c1-5-6-12-9(3)8(2)11-13-10(14-17-11)7-18(4,15)16/h8-9,12H,5-7H2,1-4H3. The van der Waals surface area contributed by atoms with E-state index in [0.717, 1.165) is 19.2 Å². The van der Waals surface area contributed by atoms with Gasteiger partial charge in [-0.1, -0.05) is 19.0 Å². The lowest BCUT2D eigenvalue weighted by molar-refractivity contribution is 0.328. The van der Waals surface area contributed by atoms with Gasteiger partial charge in [0.25, 0.3) is 0 Å². The molecule has 0 saturated carbocycles. The van der Waals surface area contributed by atoms with Gasteiger partial charge >= 0.3 is 0 Å². The van der Waals surface area contributed by atoms with Crippen LogP contribution in [0.25, 0.3) is 0 Å². The monoisotopic (exact) mass is 275 g/mol. The highest BCUT2D eigenvalue weighted by Gasteiger charge is 2.21. The Morgan fingerprint density at radius 1 is 1.39 bits per heavy atom. The van der Waals surface area contributed by atoms with Gasteiger partial charge in [-0.25, -0.2) is 8.42 Å². The summed E-state index contributed by atoms with van der Waals surface area (Å²) in [6.45, 7) is 7.04. The minimum Gasteiger partial charge on any atom is -0.339 e. The Labute approximate surface area is 108 Å². The molecule has 0 spiro atoms. The topological polar surface area (TPSA) is 85.1 Å². The van der Waals surface area contributed by atoms with E-state index in [0.29, 0.717) is 5.89 Å². The van der Waals surface area contributed by atoms with Gasteiger partial charge in [-0.3, -0.25) is 0 Å². The second-order valence-electron chi connectivity index (χ2n) is 4.65. The first-order chi connectivity index (χ1) is 8.33. The molecule has 0 saturated heterocycles. The van der Waals surface area contributed by atoms with Crippen LogP contribution >= 0.6 is 0 Å². The molecule has 0 fully saturated rings. The molecule has 2 unspecified atom stereocenters. The van der Waals surface area contributed by atoms with E-state index in [9.17, 15) is 8.42 Å². The molecule has 1 rings (SSSR count). The number of hydrogen-bond acceptors (Lipinski definition) is 6. The zero-order chi connectivity index (χ0) is 13.8. The lowest BCUT2D eigenvalue weighted by atomic mass is 10.0. The van der Waals surface area contributed by atoms with Crippen molar-refractivity contribution in [3.05, 3.63) is 11.7 Å². The van der Waals surface area contributed by atoms with Crippen LogP contribution in [0.1, 0.15) is 44.8 Å². The summed E-state index contributed by atoms with van der Waals surface area (Å²) in [5, 5.41) is 7.03. The highest BCUT2D eigenvalue weighted by molar-refractivity contribution is 7.89. The largest absolute Gasteiger partial charge is 0.339 e. The SMILES string of the molecule is CCCNC(C)C(C)c1nc(CS(C)(=O)=O)no1. The average Bonchev–Trinajstić information content (AvgIpc) is 2.70. The Morgan fingerprint density at radius 2 is 2.06 bits per heavy atom. The van der Waals surface area contributed by atoms with E-state index in [2.05, 4.69) is 22.4 Å². The second kappa shape index (κ2) is 6.29. The number of aromatic nitrogens is 2. The third kappa shape index (κ3) is 4.73. The Morgan fingerprint density at radius 3 is 2.61 bits per heavy atom. The van der Waals surface area contributed by atoms with E-state index in [1.807, 2.05) is 13.8 Å². The summed E-state index contributed by atoms with van der Waals surface area (Å²) >= 11 is 0. The van der Waals surface area contributed by atoms with Crippen molar-refractivity contribution in [1.29, 1.82) is 0 Å². The third-order valence-electron chi connectivity index (χ3n) is 2.73. The molecule has 0 aliphatic heterocycles. The third-order valence-corrected chi connectivity index (χ3v) is 3.51. The molecule has 0 amide bonds. The maximum atomic E-state index is 11.1. The molecular weight excluding hydrogens is 254 g/mol. The average molecular weight is 275 g/mol. The van der Waals surface area contributed by atoms with Crippen LogP contribution in [-0.4, -0.2) is 37.4 Å². The van der Waals surface area contributed by atoms with E-state index in [1.54, 1.807) is 0 Å². The molecule has 0 radical (unpaired) electrons. The number of hydrogen-bond donors (Lipinski definition) is 1. The van der Waals surface area contributed by atoms with Crippen LogP contribution < -0.4 is 5.32 Å². The first kappa shape index (κ1) is 15.1. The fourth-order valence-electron chi connectivity index (χ4n) is 1.51. The quantitative estimate of drug-likeness (QED) is 0.802. The van der Waals surface area contributed by atoms with Crippen LogP contribution in [0, 0.1) is 0 Å². The van der Waals surface area contributed by atoms with Crippen molar-refractivity contribution in [2.75, 3.05) is 12.8 Å². The molecule has 1 heterocycles. The number of nitrogens with one attached hydrogen (secondary N) is 1. The summed E-state index contributed by atoms with van der Waals surface area (Å²) in [5.74, 6) is 0.573. The lowest BCUT2D eigenvalue weighted by Crippen LogP contribution is -2.31. The normalized spacial score (nSPS) is 15.6. The van der Waals surface area contributed by atoms with Gasteiger partial charge < -0.3 is 9.84 Å². The predicted octanol–water partition coefficient (Wildman–Crippen LogP) is 1.11. The molecular formula is C11H21N3O3S. The molecule has 0 bridgehead atoms. The second-order valence-corrected chi connectivity index (χ2v) is 6.79. The summed E-state index contributed by atoms with van der Waals surface area (Å²) in [6.07, 6.45) is 2.21. The van der Waals surface area contributed by atoms with E-state index in [1.165, 1.54) is 0 Å². The van der Waals surface area contributed by atoms with E-state index in [-0.39, 0.29) is 23.5 Å². The maximum absolute atomic E-state index is 11.1. The van der Waals surface area contributed by atoms with Gasteiger partial charge in [0, 0.05) is 12.3 Å². The molecule has 1 aromatic rings. The molecule has 0 aliphatic rings. The summed E-state index contributed by atoms with van der Waals surface area (Å²) in [5.41, 5.74) is 0. The van der Waals surface area contributed by atoms with E-state index in [4.69, 9.17) is 4.52 Å². The summed E-state index contributed by atoms with van der Waals surface area (Å²) in [4.78, 5) is 4.13. The predicted molar refractivity (Wildman–Crippen MR) is 69.0 cm³/mol. The summed E-state index contributed by atoms with van der Waals surface area (Å²) in [7, 11) is -3.12. The van der Waals surface area contributed by atoms with Gasteiger partial charge in [0.05, 0.1) is 5.92 Å². The lowest BCUT2D eigenvalue weighted by Gasteiger charge is -2.17. The van der Waals surface area contributed by atoms with Crippen molar-refractivity contribution in [3.63, 3.8) is 0 Å². The number of nitrogens with zero attached hydrogens (tertiary/aromatic N) is 2.